The minimum Gasteiger partial charge on any atom is -0.336 e. The first-order chi connectivity index (χ1) is 5.79. The maximum absolute atomic E-state index is 11.2. The van der Waals surface area contributed by atoms with Crippen LogP contribution in [0.2, 0.25) is 0 Å². The highest BCUT2D eigenvalue weighted by molar-refractivity contribution is 5.76. The first-order valence-corrected chi connectivity index (χ1v) is 4.79. The van der Waals surface area contributed by atoms with Gasteiger partial charge in [0.25, 0.3) is 0 Å². The first kappa shape index (κ1) is 7.90. The van der Waals surface area contributed by atoms with Gasteiger partial charge in [-0.25, -0.2) is 4.79 Å². The predicted molar refractivity (Wildman–Crippen MR) is 46.9 cm³/mol. The molecule has 0 aromatic heterocycles. The number of urea groups is 1. The van der Waals surface area contributed by atoms with Crippen molar-refractivity contribution in [1.82, 2.24) is 10.2 Å². The van der Waals surface area contributed by atoms with Crippen LogP contribution in [-0.2, 0) is 0 Å². The maximum Gasteiger partial charge on any atom is 0.317 e. The van der Waals surface area contributed by atoms with E-state index < -0.39 is 0 Å². The summed E-state index contributed by atoms with van der Waals surface area (Å²) in [4.78, 5) is 13.0. The molecule has 2 aliphatic rings. The number of carbonyl (C=O) groups is 1. The fourth-order valence-corrected chi connectivity index (χ4v) is 2.43. The van der Waals surface area contributed by atoms with E-state index in [9.17, 15) is 4.79 Å². The number of amides is 2. The van der Waals surface area contributed by atoms with E-state index in [1.165, 1.54) is 25.7 Å². The van der Waals surface area contributed by atoms with Crippen molar-refractivity contribution in [1.29, 1.82) is 0 Å². The summed E-state index contributed by atoms with van der Waals surface area (Å²) < 4.78 is 0. The van der Waals surface area contributed by atoms with Crippen LogP contribution in [0, 0.1) is 5.92 Å². The van der Waals surface area contributed by atoms with Crippen LogP contribution < -0.4 is 5.32 Å². The molecule has 3 heteroatoms. The topological polar surface area (TPSA) is 32.3 Å². The summed E-state index contributed by atoms with van der Waals surface area (Å²) in [6.45, 7) is 0.861. The van der Waals surface area contributed by atoms with Crippen LogP contribution in [0.1, 0.15) is 25.7 Å². The number of nitrogens with one attached hydrogen (secondary N) is 1. The second kappa shape index (κ2) is 2.96. The third-order valence-electron chi connectivity index (χ3n) is 3.22. The molecule has 2 amide bonds. The van der Waals surface area contributed by atoms with E-state index in [4.69, 9.17) is 0 Å². The van der Waals surface area contributed by atoms with E-state index in [1.54, 1.807) is 0 Å². The average molecular weight is 168 g/mol. The number of hydrogen-bond donors (Lipinski definition) is 1. The molecule has 1 heterocycles. The van der Waals surface area contributed by atoms with Crippen molar-refractivity contribution >= 4 is 6.03 Å². The lowest BCUT2D eigenvalue weighted by Crippen LogP contribution is -2.34. The van der Waals surface area contributed by atoms with Crippen molar-refractivity contribution in [2.75, 3.05) is 13.6 Å². The Bertz CT molecular complexity index is 187. The molecular formula is C9H16N2O. The Hall–Kier alpha value is -0.730. The molecule has 0 radical (unpaired) electrons. The number of rotatable bonds is 1. The summed E-state index contributed by atoms with van der Waals surface area (Å²) in [5.41, 5.74) is 0. The lowest BCUT2D eigenvalue weighted by molar-refractivity contribution is 0.201. The van der Waals surface area contributed by atoms with Crippen molar-refractivity contribution in [2.24, 2.45) is 5.92 Å². The molecule has 1 N–H and O–H groups in total. The Kier molecular flexibility index (Phi) is 1.95. The quantitative estimate of drug-likeness (QED) is 0.627. The van der Waals surface area contributed by atoms with Crippen LogP contribution in [0.25, 0.3) is 0 Å². The molecule has 1 aliphatic heterocycles. The molecule has 1 unspecified atom stereocenters. The molecule has 12 heavy (non-hydrogen) atoms. The van der Waals surface area contributed by atoms with Gasteiger partial charge in [-0.3, -0.25) is 0 Å². The number of likely N-dealkylation sites (N-methyl/N-ethyl adjacent to an activating group) is 1. The van der Waals surface area contributed by atoms with Crippen molar-refractivity contribution < 1.29 is 4.79 Å². The number of hydrogen-bond acceptors (Lipinski definition) is 1. The molecule has 0 aromatic carbocycles. The van der Waals surface area contributed by atoms with Crippen LogP contribution >= 0.6 is 0 Å². The van der Waals surface area contributed by atoms with E-state index >= 15 is 0 Å². The highest BCUT2D eigenvalue weighted by atomic mass is 16.2. The van der Waals surface area contributed by atoms with E-state index in [1.807, 2.05) is 11.9 Å². The molecule has 3 nitrogen and oxygen atoms in total. The fraction of sp³-hybridized carbons (Fsp3) is 0.889. The van der Waals surface area contributed by atoms with Crippen LogP contribution in [0.4, 0.5) is 4.79 Å². The Balaban J connectivity index is 1.99. The lowest BCUT2D eigenvalue weighted by atomic mass is 9.98. The van der Waals surface area contributed by atoms with Crippen LogP contribution in [0.5, 0.6) is 0 Å². The summed E-state index contributed by atoms with van der Waals surface area (Å²) >= 11 is 0. The largest absolute Gasteiger partial charge is 0.336 e. The number of carbonyl (C=O) groups excluding carboxylic acids is 1. The van der Waals surface area contributed by atoms with Crippen LogP contribution in [-0.4, -0.2) is 30.6 Å². The molecule has 68 valence electrons. The molecule has 1 saturated heterocycles. The molecule has 0 aromatic rings. The zero-order valence-electron chi connectivity index (χ0n) is 7.55. The normalized spacial score (nSPS) is 31.2. The number of nitrogens with zero attached hydrogens (tertiary/aromatic N) is 1. The monoisotopic (exact) mass is 168 g/mol. The summed E-state index contributed by atoms with van der Waals surface area (Å²) in [6.07, 6.45) is 5.32. The van der Waals surface area contributed by atoms with Gasteiger partial charge in [-0.05, 0) is 18.8 Å². The molecule has 2 fully saturated rings. The van der Waals surface area contributed by atoms with Crippen molar-refractivity contribution in [3.05, 3.63) is 0 Å². The Labute approximate surface area is 73.1 Å². The van der Waals surface area contributed by atoms with Gasteiger partial charge < -0.3 is 10.2 Å². The molecule has 0 spiro atoms. The SMILES string of the molecule is CN1C(=O)NCC1C1CCCC1. The molecule has 2 rings (SSSR count). The van der Waals surface area contributed by atoms with E-state index in [2.05, 4.69) is 5.32 Å². The molecule has 1 saturated carbocycles. The average Bonchev–Trinajstić information content (AvgIpc) is 2.64. The third kappa shape index (κ3) is 1.17. The Morgan fingerprint density at radius 1 is 1.42 bits per heavy atom. The van der Waals surface area contributed by atoms with Gasteiger partial charge in [-0.2, -0.15) is 0 Å². The summed E-state index contributed by atoms with van der Waals surface area (Å²) in [6, 6.07) is 0.576. The van der Waals surface area contributed by atoms with Gasteiger partial charge in [0, 0.05) is 13.6 Å². The third-order valence-corrected chi connectivity index (χ3v) is 3.22. The van der Waals surface area contributed by atoms with Gasteiger partial charge in [0.05, 0.1) is 6.04 Å². The standard InChI is InChI=1S/C9H16N2O/c1-11-8(6-10-9(11)12)7-4-2-3-5-7/h7-8H,2-6H2,1H3,(H,10,12). The fourth-order valence-electron chi connectivity index (χ4n) is 2.43. The van der Waals surface area contributed by atoms with E-state index in [-0.39, 0.29) is 6.03 Å². The molecular weight excluding hydrogens is 152 g/mol. The Morgan fingerprint density at radius 3 is 2.58 bits per heavy atom. The van der Waals surface area contributed by atoms with Gasteiger partial charge >= 0.3 is 6.03 Å². The minimum absolute atomic E-state index is 0.104. The van der Waals surface area contributed by atoms with Crippen molar-refractivity contribution in [2.45, 2.75) is 31.7 Å². The molecule has 0 bridgehead atoms. The highest BCUT2D eigenvalue weighted by Gasteiger charge is 2.34. The van der Waals surface area contributed by atoms with E-state index in [0.717, 1.165) is 12.5 Å². The summed E-state index contributed by atoms with van der Waals surface area (Å²) in [5.74, 6) is 0.758. The summed E-state index contributed by atoms with van der Waals surface area (Å²) in [5, 5.41) is 2.88. The second-order valence-electron chi connectivity index (χ2n) is 3.91. The minimum atomic E-state index is 0.104. The zero-order valence-corrected chi connectivity index (χ0v) is 7.55. The van der Waals surface area contributed by atoms with Gasteiger partial charge in [-0.15, -0.1) is 0 Å². The van der Waals surface area contributed by atoms with Crippen LogP contribution in [0.15, 0.2) is 0 Å². The smallest absolute Gasteiger partial charge is 0.317 e. The molecule has 1 atom stereocenters. The van der Waals surface area contributed by atoms with Crippen LogP contribution in [0.3, 0.4) is 0 Å². The zero-order chi connectivity index (χ0) is 8.55. The van der Waals surface area contributed by atoms with Gasteiger partial charge in [-0.1, -0.05) is 12.8 Å². The van der Waals surface area contributed by atoms with Gasteiger partial charge in [0.15, 0.2) is 0 Å². The second-order valence-corrected chi connectivity index (χ2v) is 3.91. The first-order valence-electron chi connectivity index (χ1n) is 4.79. The van der Waals surface area contributed by atoms with Gasteiger partial charge in [0.1, 0.15) is 0 Å². The Morgan fingerprint density at radius 2 is 2.08 bits per heavy atom. The van der Waals surface area contributed by atoms with Crippen molar-refractivity contribution in [3.63, 3.8) is 0 Å². The van der Waals surface area contributed by atoms with E-state index in [0.29, 0.717) is 6.04 Å². The predicted octanol–water partition coefficient (Wildman–Crippen LogP) is 1.20. The maximum atomic E-state index is 11.2. The highest BCUT2D eigenvalue weighted by Crippen LogP contribution is 2.30. The summed E-state index contributed by atoms with van der Waals surface area (Å²) in [7, 11) is 1.91. The lowest BCUT2D eigenvalue weighted by Gasteiger charge is -2.23. The van der Waals surface area contributed by atoms with Gasteiger partial charge in [0.2, 0.25) is 0 Å². The van der Waals surface area contributed by atoms with Crippen molar-refractivity contribution in [3.8, 4) is 0 Å². The molecule has 1 aliphatic carbocycles.